The van der Waals surface area contributed by atoms with E-state index in [-0.39, 0.29) is 12.4 Å². The van der Waals surface area contributed by atoms with Crippen molar-refractivity contribution >= 4 is 14.3 Å². The minimum absolute atomic E-state index is 0.0348. The maximum absolute atomic E-state index is 13.1. The number of benzene rings is 2. The Hall–Kier alpha value is -1.75. The molecule has 0 spiro atoms. The standard InChI is InChI=1S/C17H18O3Si/c1-21(2)19-13-17(20-21,15-11-7-4-8-12-15)16(18)14-9-5-3-6-10-14/h3-12H,13H2,1-2H3. The summed E-state index contributed by atoms with van der Waals surface area (Å²) >= 11 is 0. The highest BCUT2D eigenvalue weighted by Crippen LogP contribution is 2.39. The molecule has 1 unspecified atom stereocenters. The molecular formula is C17H18O3Si. The molecule has 2 aromatic rings. The van der Waals surface area contributed by atoms with Crippen molar-refractivity contribution in [1.82, 2.24) is 0 Å². The Balaban J connectivity index is 2.08. The second kappa shape index (κ2) is 5.22. The van der Waals surface area contributed by atoms with Crippen LogP contribution in [0.5, 0.6) is 0 Å². The van der Waals surface area contributed by atoms with E-state index < -0.39 is 14.2 Å². The van der Waals surface area contributed by atoms with Gasteiger partial charge < -0.3 is 8.85 Å². The first kappa shape index (κ1) is 14.2. The lowest BCUT2D eigenvalue weighted by Crippen LogP contribution is -2.41. The average Bonchev–Trinajstić information content (AvgIpc) is 2.85. The Morgan fingerprint density at radius 2 is 1.57 bits per heavy atom. The summed E-state index contributed by atoms with van der Waals surface area (Å²) in [6.45, 7) is 4.22. The van der Waals surface area contributed by atoms with Gasteiger partial charge in [0.15, 0.2) is 5.60 Å². The van der Waals surface area contributed by atoms with Crippen molar-refractivity contribution in [2.75, 3.05) is 6.61 Å². The zero-order valence-corrected chi connectivity index (χ0v) is 13.2. The molecule has 3 rings (SSSR count). The first-order chi connectivity index (χ1) is 10.0. The minimum atomic E-state index is -2.27. The van der Waals surface area contributed by atoms with E-state index in [1.807, 2.05) is 73.8 Å². The molecule has 1 atom stereocenters. The molecule has 1 fully saturated rings. The van der Waals surface area contributed by atoms with E-state index in [0.29, 0.717) is 5.56 Å². The molecule has 0 aromatic heterocycles. The van der Waals surface area contributed by atoms with Crippen LogP contribution in [-0.4, -0.2) is 21.0 Å². The van der Waals surface area contributed by atoms with E-state index in [2.05, 4.69) is 0 Å². The third-order valence-corrected chi connectivity index (χ3v) is 5.37. The molecule has 21 heavy (non-hydrogen) atoms. The molecule has 0 N–H and O–H groups in total. The van der Waals surface area contributed by atoms with Gasteiger partial charge in [-0.25, -0.2) is 0 Å². The number of hydrogen-bond acceptors (Lipinski definition) is 3. The molecule has 108 valence electrons. The number of Topliss-reactive ketones (excluding diaryl/α,β-unsaturated/α-hetero) is 1. The van der Waals surface area contributed by atoms with Crippen molar-refractivity contribution in [2.24, 2.45) is 0 Å². The van der Waals surface area contributed by atoms with Crippen LogP contribution in [0.1, 0.15) is 15.9 Å². The summed E-state index contributed by atoms with van der Waals surface area (Å²) in [5.41, 5.74) is 0.492. The number of carbonyl (C=O) groups excluding carboxylic acids is 1. The Kier molecular flexibility index (Phi) is 3.53. The molecule has 4 heteroatoms. The molecule has 2 aromatic carbocycles. The SMILES string of the molecule is C[Si]1(C)OCC(C(=O)c2ccccc2)(c2ccccc2)O1. The van der Waals surface area contributed by atoms with Crippen LogP contribution < -0.4 is 0 Å². The van der Waals surface area contributed by atoms with Gasteiger partial charge in [0.2, 0.25) is 5.78 Å². The molecule has 0 bridgehead atoms. The summed E-state index contributed by atoms with van der Waals surface area (Å²) in [7, 11) is -2.27. The number of hydrogen-bond donors (Lipinski definition) is 0. The van der Waals surface area contributed by atoms with Crippen molar-refractivity contribution in [3.63, 3.8) is 0 Å². The van der Waals surface area contributed by atoms with Gasteiger partial charge in [0.05, 0.1) is 6.61 Å². The van der Waals surface area contributed by atoms with Crippen LogP contribution in [-0.2, 0) is 14.5 Å². The normalized spacial score (nSPS) is 23.9. The predicted octanol–water partition coefficient (Wildman–Crippen LogP) is 3.51. The van der Waals surface area contributed by atoms with Crippen molar-refractivity contribution in [3.05, 3.63) is 71.8 Å². The van der Waals surface area contributed by atoms with Crippen LogP contribution in [0.2, 0.25) is 13.1 Å². The van der Waals surface area contributed by atoms with E-state index >= 15 is 0 Å². The molecule has 0 radical (unpaired) electrons. The smallest absolute Gasteiger partial charge is 0.332 e. The van der Waals surface area contributed by atoms with Crippen LogP contribution in [0.15, 0.2) is 60.7 Å². The number of rotatable bonds is 3. The molecule has 0 saturated carbocycles. The molecule has 1 saturated heterocycles. The van der Waals surface area contributed by atoms with Gasteiger partial charge in [0, 0.05) is 5.56 Å². The second-order valence-corrected chi connectivity index (χ2v) is 8.97. The zero-order chi connectivity index (χ0) is 14.9. The predicted molar refractivity (Wildman–Crippen MR) is 83.4 cm³/mol. The third kappa shape index (κ3) is 2.58. The third-order valence-electron chi connectivity index (χ3n) is 3.69. The fourth-order valence-corrected chi connectivity index (χ4v) is 4.39. The second-order valence-electron chi connectivity index (χ2n) is 5.68. The van der Waals surface area contributed by atoms with E-state index in [1.165, 1.54) is 0 Å². The van der Waals surface area contributed by atoms with Crippen LogP contribution in [0.3, 0.4) is 0 Å². The van der Waals surface area contributed by atoms with Crippen LogP contribution in [0.4, 0.5) is 0 Å². The largest absolute Gasteiger partial charge is 0.391 e. The summed E-state index contributed by atoms with van der Waals surface area (Å²) in [4.78, 5) is 13.1. The molecule has 1 aliphatic heterocycles. The lowest BCUT2D eigenvalue weighted by molar-refractivity contribution is 0.0504. The minimum Gasteiger partial charge on any atom is -0.391 e. The Labute approximate surface area is 125 Å². The van der Waals surface area contributed by atoms with E-state index in [4.69, 9.17) is 8.85 Å². The Morgan fingerprint density at radius 1 is 1.00 bits per heavy atom. The fourth-order valence-electron chi connectivity index (χ4n) is 2.67. The van der Waals surface area contributed by atoms with Gasteiger partial charge in [-0.15, -0.1) is 0 Å². The van der Waals surface area contributed by atoms with E-state index in [9.17, 15) is 4.79 Å². The maximum Gasteiger partial charge on any atom is 0.332 e. The summed E-state index contributed by atoms with van der Waals surface area (Å²) in [5.74, 6) is -0.0348. The van der Waals surface area contributed by atoms with Crippen LogP contribution in [0.25, 0.3) is 0 Å². The highest BCUT2D eigenvalue weighted by molar-refractivity contribution is 6.65. The zero-order valence-electron chi connectivity index (χ0n) is 12.2. The van der Waals surface area contributed by atoms with Gasteiger partial charge in [0.25, 0.3) is 0 Å². The van der Waals surface area contributed by atoms with Crippen molar-refractivity contribution in [3.8, 4) is 0 Å². The van der Waals surface area contributed by atoms with Crippen molar-refractivity contribution in [1.29, 1.82) is 0 Å². The summed E-state index contributed by atoms with van der Waals surface area (Å²) in [6.07, 6.45) is 0. The maximum atomic E-state index is 13.1. The lowest BCUT2D eigenvalue weighted by Gasteiger charge is -2.28. The molecule has 1 heterocycles. The molecule has 0 amide bonds. The highest BCUT2D eigenvalue weighted by atomic mass is 28.4. The van der Waals surface area contributed by atoms with Gasteiger partial charge >= 0.3 is 8.56 Å². The molecule has 3 nitrogen and oxygen atoms in total. The topological polar surface area (TPSA) is 35.5 Å². The first-order valence-electron chi connectivity index (χ1n) is 7.03. The van der Waals surface area contributed by atoms with Crippen molar-refractivity contribution < 1.29 is 13.6 Å². The monoisotopic (exact) mass is 298 g/mol. The van der Waals surface area contributed by atoms with Gasteiger partial charge in [-0.1, -0.05) is 60.7 Å². The van der Waals surface area contributed by atoms with Gasteiger partial charge in [-0.2, -0.15) is 0 Å². The summed E-state index contributed by atoms with van der Waals surface area (Å²) < 4.78 is 12.1. The van der Waals surface area contributed by atoms with Gasteiger partial charge in [-0.3, -0.25) is 4.79 Å². The highest BCUT2D eigenvalue weighted by Gasteiger charge is 2.53. The van der Waals surface area contributed by atoms with Gasteiger partial charge in [-0.05, 0) is 18.7 Å². The molecule has 0 aliphatic carbocycles. The average molecular weight is 298 g/mol. The number of carbonyl (C=O) groups is 1. The molecule has 1 aliphatic rings. The first-order valence-corrected chi connectivity index (χ1v) is 9.85. The molecular weight excluding hydrogens is 280 g/mol. The summed E-state index contributed by atoms with van der Waals surface area (Å²) in [5, 5.41) is 0. The lowest BCUT2D eigenvalue weighted by atomic mass is 9.86. The Morgan fingerprint density at radius 3 is 2.10 bits per heavy atom. The van der Waals surface area contributed by atoms with Crippen molar-refractivity contribution in [2.45, 2.75) is 18.7 Å². The Bertz CT molecular complexity index is 640. The van der Waals surface area contributed by atoms with Crippen LogP contribution >= 0.6 is 0 Å². The van der Waals surface area contributed by atoms with E-state index in [0.717, 1.165) is 5.56 Å². The van der Waals surface area contributed by atoms with Crippen LogP contribution in [0, 0.1) is 0 Å². The van der Waals surface area contributed by atoms with E-state index in [1.54, 1.807) is 0 Å². The van der Waals surface area contributed by atoms with Gasteiger partial charge in [0.1, 0.15) is 0 Å². The quantitative estimate of drug-likeness (QED) is 0.642. The fraction of sp³-hybridized carbons (Fsp3) is 0.235. The summed E-state index contributed by atoms with van der Waals surface area (Å²) in [6, 6.07) is 18.9. The number of ketones is 1.